The number of nitrogens with zero attached hydrogens (tertiary/aromatic N) is 2. The van der Waals surface area contributed by atoms with E-state index in [0.29, 0.717) is 55.1 Å². The molecule has 1 heterocycles. The van der Waals surface area contributed by atoms with Gasteiger partial charge in [-0.15, -0.1) is 0 Å². The van der Waals surface area contributed by atoms with E-state index in [0.717, 1.165) is 11.1 Å². The van der Waals surface area contributed by atoms with E-state index < -0.39 is 0 Å². The van der Waals surface area contributed by atoms with Crippen LogP contribution in [0, 0.1) is 0 Å². The molecule has 0 unspecified atom stereocenters. The van der Waals surface area contributed by atoms with Crippen LogP contribution in [0.15, 0.2) is 54.6 Å². The zero-order valence-electron chi connectivity index (χ0n) is 20.8. The summed E-state index contributed by atoms with van der Waals surface area (Å²) in [6, 6.07) is 16.8. The number of carbonyl (C=O) groups excluding carboxylic acids is 2. The third-order valence-electron chi connectivity index (χ3n) is 5.16. The largest absolute Gasteiger partial charge is 0.497 e. The fourth-order valence-corrected chi connectivity index (χ4v) is 3.42. The Bertz CT molecular complexity index is 1160. The molecule has 0 bridgehead atoms. The van der Waals surface area contributed by atoms with Crippen molar-refractivity contribution in [2.45, 2.75) is 13.3 Å². The normalized spacial score (nSPS) is 10.3. The topological polar surface area (TPSA) is 126 Å². The van der Waals surface area contributed by atoms with E-state index >= 15 is 0 Å². The zero-order valence-corrected chi connectivity index (χ0v) is 20.8. The number of benzene rings is 2. The Labute approximate surface area is 210 Å². The van der Waals surface area contributed by atoms with Crippen LogP contribution >= 0.6 is 0 Å². The monoisotopic (exact) mass is 492 g/mol. The highest BCUT2D eigenvalue weighted by molar-refractivity contribution is 5.79. The number of aromatic nitrogens is 2. The summed E-state index contributed by atoms with van der Waals surface area (Å²) in [5, 5.41) is 12.1. The van der Waals surface area contributed by atoms with Crippen LogP contribution in [0.25, 0.3) is 11.4 Å². The molecule has 36 heavy (non-hydrogen) atoms. The summed E-state index contributed by atoms with van der Waals surface area (Å²) in [4.78, 5) is 32.8. The van der Waals surface area contributed by atoms with Crippen molar-refractivity contribution < 1.29 is 19.1 Å². The molecule has 0 aliphatic rings. The molecule has 190 valence electrons. The van der Waals surface area contributed by atoms with Crippen molar-refractivity contribution in [3.63, 3.8) is 0 Å². The van der Waals surface area contributed by atoms with Gasteiger partial charge in [0.25, 0.3) is 0 Å². The van der Waals surface area contributed by atoms with Crippen molar-refractivity contribution in [1.29, 1.82) is 0 Å². The van der Waals surface area contributed by atoms with E-state index in [1.54, 1.807) is 38.5 Å². The number of amides is 2. The lowest BCUT2D eigenvalue weighted by atomic mass is 10.1. The van der Waals surface area contributed by atoms with Crippen LogP contribution in [0.1, 0.15) is 12.5 Å². The van der Waals surface area contributed by atoms with Crippen LogP contribution < -0.4 is 30.7 Å². The number of rotatable bonds is 13. The van der Waals surface area contributed by atoms with Gasteiger partial charge < -0.3 is 30.7 Å². The lowest BCUT2D eigenvalue weighted by molar-refractivity contribution is -0.120. The van der Waals surface area contributed by atoms with Gasteiger partial charge in [-0.25, -0.2) is 9.97 Å². The summed E-state index contributed by atoms with van der Waals surface area (Å²) in [5.41, 5.74) is 1.63. The fourth-order valence-electron chi connectivity index (χ4n) is 3.42. The molecular weight excluding hydrogens is 460 g/mol. The van der Waals surface area contributed by atoms with Gasteiger partial charge in [0.15, 0.2) is 5.82 Å². The van der Waals surface area contributed by atoms with Gasteiger partial charge in [-0.1, -0.05) is 30.3 Å². The SMILES string of the molecule is COc1ccc(OC)c(CC(=O)NCCNc2cc(NCCNC(C)=O)nc(-c3ccccc3)n2)c1. The maximum Gasteiger partial charge on any atom is 0.224 e. The van der Waals surface area contributed by atoms with Crippen molar-refractivity contribution in [1.82, 2.24) is 20.6 Å². The van der Waals surface area contributed by atoms with E-state index in [1.165, 1.54) is 6.92 Å². The molecule has 0 atom stereocenters. The molecule has 3 rings (SSSR count). The van der Waals surface area contributed by atoms with Crippen LogP contribution in [0.2, 0.25) is 0 Å². The Hall–Kier alpha value is -4.34. The summed E-state index contributed by atoms with van der Waals surface area (Å²) < 4.78 is 10.6. The third-order valence-corrected chi connectivity index (χ3v) is 5.16. The standard InChI is InChI=1S/C26H32N6O4/c1-18(33)27-11-12-28-23-17-24(32-26(31-23)19-7-5-4-6-8-19)29-13-14-30-25(34)16-20-15-21(35-2)9-10-22(20)36-3/h4-10,15,17H,11-14,16H2,1-3H3,(H,27,33)(H,30,34)(H2,28,29,31,32). The fraction of sp³-hybridized carbons (Fsp3) is 0.308. The lowest BCUT2D eigenvalue weighted by Gasteiger charge is -2.13. The Morgan fingerprint density at radius 3 is 2.08 bits per heavy atom. The van der Waals surface area contributed by atoms with Crippen LogP contribution in [0.5, 0.6) is 11.5 Å². The number of hydrogen-bond donors (Lipinski definition) is 4. The maximum atomic E-state index is 12.5. The van der Waals surface area contributed by atoms with E-state index in [-0.39, 0.29) is 18.2 Å². The molecule has 0 spiro atoms. The van der Waals surface area contributed by atoms with Crippen LogP contribution in [0.4, 0.5) is 11.6 Å². The first-order valence-corrected chi connectivity index (χ1v) is 11.6. The first kappa shape index (κ1) is 26.3. The van der Waals surface area contributed by atoms with Crippen LogP contribution in [-0.2, 0) is 16.0 Å². The van der Waals surface area contributed by atoms with Gasteiger partial charge in [-0.05, 0) is 18.2 Å². The molecule has 0 fully saturated rings. The molecule has 1 aromatic heterocycles. The molecule has 0 aliphatic heterocycles. The minimum absolute atomic E-state index is 0.0845. The second kappa shape index (κ2) is 13.5. The van der Waals surface area contributed by atoms with E-state index in [2.05, 4.69) is 31.2 Å². The molecule has 2 amide bonds. The summed E-state index contributed by atoms with van der Waals surface area (Å²) in [5.74, 6) is 2.91. The molecule has 10 nitrogen and oxygen atoms in total. The Morgan fingerprint density at radius 2 is 1.47 bits per heavy atom. The van der Waals surface area contributed by atoms with Crippen LogP contribution in [-0.4, -0.2) is 62.2 Å². The van der Waals surface area contributed by atoms with Gasteiger partial charge in [-0.3, -0.25) is 9.59 Å². The summed E-state index contributed by atoms with van der Waals surface area (Å²) in [7, 11) is 3.15. The molecule has 0 saturated heterocycles. The predicted octanol–water partition coefficient (Wildman–Crippen LogP) is 2.48. The minimum atomic E-state index is -0.128. The first-order chi connectivity index (χ1) is 17.5. The number of carbonyl (C=O) groups is 2. The smallest absolute Gasteiger partial charge is 0.224 e. The second-order valence-corrected chi connectivity index (χ2v) is 7.87. The average molecular weight is 493 g/mol. The van der Waals surface area contributed by atoms with Crippen molar-refractivity contribution in [3.8, 4) is 22.9 Å². The van der Waals surface area contributed by atoms with Gasteiger partial charge >= 0.3 is 0 Å². The number of hydrogen-bond acceptors (Lipinski definition) is 8. The number of anilines is 2. The molecule has 0 aliphatic carbocycles. The van der Waals surface area contributed by atoms with Gasteiger partial charge in [0.05, 0.1) is 20.6 Å². The zero-order chi connectivity index (χ0) is 25.8. The lowest BCUT2D eigenvalue weighted by Crippen LogP contribution is -2.30. The molecule has 2 aromatic carbocycles. The Balaban J connectivity index is 1.58. The highest BCUT2D eigenvalue weighted by Gasteiger charge is 2.11. The number of nitrogens with one attached hydrogen (secondary N) is 4. The van der Waals surface area contributed by atoms with Gasteiger partial charge in [0, 0.05) is 50.3 Å². The van der Waals surface area contributed by atoms with Gasteiger partial charge in [-0.2, -0.15) is 0 Å². The predicted molar refractivity (Wildman–Crippen MR) is 139 cm³/mol. The molecule has 0 saturated carbocycles. The minimum Gasteiger partial charge on any atom is -0.497 e. The number of methoxy groups -OCH3 is 2. The van der Waals surface area contributed by atoms with E-state index in [1.807, 2.05) is 30.3 Å². The summed E-state index contributed by atoms with van der Waals surface area (Å²) in [6.07, 6.45) is 0.175. The first-order valence-electron chi connectivity index (χ1n) is 11.6. The summed E-state index contributed by atoms with van der Waals surface area (Å²) >= 11 is 0. The van der Waals surface area contributed by atoms with Crippen molar-refractivity contribution in [2.24, 2.45) is 0 Å². The maximum absolute atomic E-state index is 12.5. The van der Waals surface area contributed by atoms with Crippen LogP contribution in [0.3, 0.4) is 0 Å². The second-order valence-electron chi connectivity index (χ2n) is 7.87. The highest BCUT2D eigenvalue weighted by atomic mass is 16.5. The van der Waals surface area contributed by atoms with Gasteiger partial charge in [0.1, 0.15) is 23.1 Å². The third kappa shape index (κ3) is 8.15. The highest BCUT2D eigenvalue weighted by Crippen LogP contribution is 2.24. The van der Waals surface area contributed by atoms with Crippen molar-refractivity contribution in [3.05, 3.63) is 60.2 Å². The molecule has 4 N–H and O–H groups in total. The quantitative estimate of drug-likeness (QED) is 0.268. The van der Waals surface area contributed by atoms with E-state index in [4.69, 9.17) is 9.47 Å². The molecule has 10 heteroatoms. The molecular formula is C26H32N6O4. The number of ether oxygens (including phenoxy) is 2. The van der Waals surface area contributed by atoms with Crippen molar-refractivity contribution >= 4 is 23.5 Å². The average Bonchev–Trinajstić information content (AvgIpc) is 2.89. The van der Waals surface area contributed by atoms with Gasteiger partial charge in [0.2, 0.25) is 11.8 Å². The molecule has 3 aromatic rings. The Morgan fingerprint density at radius 1 is 0.806 bits per heavy atom. The summed E-state index contributed by atoms with van der Waals surface area (Å²) in [6.45, 7) is 3.35. The van der Waals surface area contributed by atoms with E-state index in [9.17, 15) is 9.59 Å². The molecule has 0 radical (unpaired) electrons. The van der Waals surface area contributed by atoms with Crippen molar-refractivity contribution in [2.75, 3.05) is 51.0 Å². The Kier molecular flexibility index (Phi) is 9.87.